The van der Waals surface area contributed by atoms with Crippen molar-refractivity contribution in [3.05, 3.63) is 76.4 Å². The summed E-state index contributed by atoms with van der Waals surface area (Å²) in [7, 11) is 0. The third kappa shape index (κ3) is 3.52. The molecular weight excluding hydrogens is 328 g/mol. The molecule has 142 valence electrons. The molecule has 0 N–H and O–H groups in total. The van der Waals surface area contributed by atoms with Crippen LogP contribution in [0.4, 0.5) is 0 Å². The minimum atomic E-state index is 0.182. The van der Waals surface area contributed by atoms with E-state index in [1.807, 2.05) is 31.2 Å². The highest BCUT2D eigenvalue weighted by molar-refractivity contribution is 5.96. The first-order valence-corrected chi connectivity index (χ1v) is 10.1. The molecule has 2 aromatic rings. The van der Waals surface area contributed by atoms with Crippen molar-refractivity contribution in [3.8, 4) is 0 Å². The molecule has 0 spiro atoms. The normalized spacial score (nSPS) is 17.3. The minimum Gasteiger partial charge on any atom is -0.294 e. The predicted octanol–water partition coefficient (Wildman–Crippen LogP) is 7.00. The molecule has 2 aromatic carbocycles. The van der Waals surface area contributed by atoms with E-state index in [4.69, 9.17) is 0 Å². The second-order valence-corrected chi connectivity index (χ2v) is 9.31. The molecule has 1 aliphatic carbocycles. The van der Waals surface area contributed by atoms with E-state index in [0.29, 0.717) is 6.42 Å². The molecular formula is C26H32O. The molecule has 0 amide bonds. The van der Waals surface area contributed by atoms with Crippen molar-refractivity contribution < 1.29 is 4.79 Å². The lowest BCUT2D eigenvalue weighted by molar-refractivity contribution is 0.0988. The summed E-state index contributed by atoms with van der Waals surface area (Å²) in [5.74, 6) is 0.182. The summed E-state index contributed by atoms with van der Waals surface area (Å²) in [6.45, 7) is 17.9. The maximum Gasteiger partial charge on any atom is 0.162 e. The Balaban J connectivity index is 2.05. The van der Waals surface area contributed by atoms with Crippen LogP contribution in [0.1, 0.15) is 92.1 Å². The van der Waals surface area contributed by atoms with Gasteiger partial charge in [-0.15, -0.1) is 0 Å². The van der Waals surface area contributed by atoms with E-state index in [9.17, 15) is 4.79 Å². The smallest absolute Gasteiger partial charge is 0.162 e. The summed E-state index contributed by atoms with van der Waals surface area (Å²) in [5.41, 5.74) is 8.73. The molecule has 0 aliphatic heterocycles. The molecule has 0 saturated heterocycles. The van der Waals surface area contributed by atoms with Gasteiger partial charge in [-0.3, -0.25) is 4.79 Å². The summed E-state index contributed by atoms with van der Waals surface area (Å²) in [5, 5.41) is 0. The van der Waals surface area contributed by atoms with Crippen LogP contribution in [0.25, 0.3) is 5.57 Å². The molecule has 0 saturated carbocycles. The Morgan fingerprint density at radius 3 is 1.93 bits per heavy atom. The summed E-state index contributed by atoms with van der Waals surface area (Å²) in [4.78, 5) is 11.9. The van der Waals surface area contributed by atoms with Gasteiger partial charge in [-0.2, -0.15) is 0 Å². The highest BCUT2D eigenvalue weighted by Crippen LogP contribution is 2.47. The maximum absolute atomic E-state index is 11.9. The highest BCUT2D eigenvalue weighted by Gasteiger charge is 2.37. The second-order valence-electron chi connectivity index (χ2n) is 9.31. The van der Waals surface area contributed by atoms with Gasteiger partial charge in [0, 0.05) is 12.0 Å². The summed E-state index contributed by atoms with van der Waals surface area (Å²) in [6, 6.07) is 12.7. The number of rotatable bonds is 4. The van der Waals surface area contributed by atoms with E-state index in [2.05, 4.69) is 53.3 Å². The fourth-order valence-corrected chi connectivity index (χ4v) is 4.26. The van der Waals surface area contributed by atoms with Crippen molar-refractivity contribution in [2.45, 2.75) is 71.6 Å². The summed E-state index contributed by atoms with van der Waals surface area (Å²) < 4.78 is 0. The molecule has 1 nitrogen and oxygen atoms in total. The predicted molar refractivity (Wildman–Crippen MR) is 116 cm³/mol. The van der Waals surface area contributed by atoms with E-state index in [0.717, 1.165) is 16.7 Å². The Kier molecular flexibility index (Phi) is 4.93. The van der Waals surface area contributed by atoms with Gasteiger partial charge in [-0.05, 0) is 64.0 Å². The minimum absolute atomic E-state index is 0.182. The van der Waals surface area contributed by atoms with E-state index in [1.54, 1.807) is 0 Å². The van der Waals surface area contributed by atoms with E-state index in [1.165, 1.54) is 35.1 Å². The fourth-order valence-electron chi connectivity index (χ4n) is 4.26. The number of aryl methyl sites for hydroxylation is 1. The van der Waals surface area contributed by atoms with Crippen molar-refractivity contribution in [2.75, 3.05) is 0 Å². The van der Waals surface area contributed by atoms with Crippen LogP contribution in [0.5, 0.6) is 0 Å². The molecule has 1 aliphatic rings. The number of carbonyl (C=O) groups excluding carboxylic acids is 1. The Morgan fingerprint density at radius 2 is 1.41 bits per heavy atom. The van der Waals surface area contributed by atoms with Crippen LogP contribution in [-0.4, -0.2) is 5.78 Å². The first kappa shape index (κ1) is 19.6. The second kappa shape index (κ2) is 6.78. The average Bonchev–Trinajstić information content (AvgIpc) is 2.64. The molecule has 0 atom stereocenters. The van der Waals surface area contributed by atoms with Gasteiger partial charge in [-0.1, -0.05) is 77.6 Å². The van der Waals surface area contributed by atoms with Gasteiger partial charge in [0.2, 0.25) is 0 Å². The molecule has 0 fully saturated rings. The Labute approximate surface area is 164 Å². The zero-order valence-electron chi connectivity index (χ0n) is 17.7. The number of benzene rings is 2. The molecule has 0 heterocycles. The number of fused-ring (bicyclic) bond motifs is 1. The van der Waals surface area contributed by atoms with Crippen molar-refractivity contribution >= 4 is 11.4 Å². The number of hydrogen-bond acceptors (Lipinski definition) is 1. The lowest BCUT2D eigenvalue weighted by atomic mass is 9.62. The maximum atomic E-state index is 11.9. The quantitative estimate of drug-likeness (QED) is 0.537. The van der Waals surface area contributed by atoms with Crippen LogP contribution in [0.2, 0.25) is 0 Å². The largest absolute Gasteiger partial charge is 0.294 e. The molecule has 27 heavy (non-hydrogen) atoms. The van der Waals surface area contributed by atoms with Gasteiger partial charge in [0.1, 0.15) is 0 Å². The zero-order chi connectivity index (χ0) is 20.0. The van der Waals surface area contributed by atoms with Gasteiger partial charge >= 0.3 is 0 Å². The van der Waals surface area contributed by atoms with E-state index >= 15 is 0 Å². The first-order valence-electron chi connectivity index (χ1n) is 10.1. The monoisotopic (exact) mass is 360 g/mol. The summed E-state index contributed by atoms with van der Waals surface area (Å²) >= 11 is 0. The number of ketones is 1. The molecule has 0 aromatic heterocycles. The lowest BCUT2D eigenvalue weighted by Crippen LogP contribution is -2.34. The zero-order valence-corrected chi connectivity index (χ0v) is 17.7. The number of Topliss-reactive ketones (excluding diaryl/α,β-unsaturated/α-hetero) is 1. The topological polar surface area (TPSA) is 17.1 Å². The van der Waals surface area contributed by atoms with Crippen LogP contribution in [0.3, 0.4) is 0 Å². The SMILES string of the molecule is C=C(c1ccc(C(=O)CC)cc1)c1cc2c(cc1C)C(C)(C)CCC2(C)C. The first-order chi connectivity index (χ1) is 12.6. The van der Waals surface area contributed by atoms with E-state index < -0.39 is 0 Å². The van der Waals surface area contributed by atoms with Crippen LogP contribution in [0.15, 0.2) is 43.0 Å². The average molecular weight is 361 g/mol. The third-order valence-electron chi connectivity index (χ3n) is 6.40. The van der Waals surface area contributed by atoms with Crippen LogP contribution < -0.4 is 0 Å². The van der Waals surface area contributed by atoms with Crippen molar-refractivity contribution in [1.82, 2.24) is 0 Å². The molecule has 0 unspecified atom stereocenters. The number of carbonyl (C=O) groups is 1. The Bertz CT molecular complexity index is 895. The fraction of sp³-hybridized carbons (Fsp3) is 0.423. The van der Waals surface area contributed by atoms with Gasteiger partial charge in [0.25, 0.3) is 0 Å². The van der Waals surface area contributed by atoms with Gasteiger partial charge in [0.15, 0.2) is 5.78 Å². The van der Waals surface area contributed by atoms with Crippen molar-refractivity contribution in [3.63, 3.8) is 0 Å². The van der Waals surface area contributed by atoms with Gasteiger partial charge in [0.05, 0.1) is 0 Å². The summed E-state index contributed by atoms with van der Waals surface area (Å²) in [6.07, 6.45) is 2.96. The third-order valence-corrected chi connectivity index (χ3v) is 6.40. The van der Waals surface area contributed by atoms with Crippen LogP contribution in [0, 0.1) is 6.92 Å². The van der Waals surface area contributed by atoms with Crippen LogP contribution >= 0.6 is 0 Å². The van der Waals surface area contributed by atoms with Crippen LogP contribution in [-0.2, 0) is 10.8 Å². The van der Waals surface area contributed by atoms with Gasteiger partial charge in [-0.25, -0.2) is 0 Å². The lowest BCUT2D eigenvalue weighted by Gasteiger charge is -2.42. The standard InChI is InChI=1S/C26H32O/c1-8-24(27)20-11-9-19(10-12-20)18(3)21-16-23-22(15-17(21)2)25(4,5)13-14-26(23,6)7/h9-12,15-16H,3,8,13-14H2,1-2,4-7H3. The van der Waals surface area contributed by atoms with Crippen molar-refractivity contribution in [2.24, 2.45) is 0 Å². The molecule has 3 rings (SSSR count). The molecule has 1 heteroatoms. The van der Waals surface area contributed by atoms with Crippen molar-refractivity contribution in [1.29, 1.82) is 0 Å². The highest BCUT2D eigenvalue weighted by atomic mass is 16.1. The Morgan fingerprint density at radius 1 is 0.926 bits per heavy atom. The number of hydrogen-bond donors (Lipinski definition) is 0. The molecule has 0 bridgehead atoms. The molecule has 0 radical (unpaired) electrons. The van der Waals surface area contributed by atoms with Gasteiger partial charge < -0.3 is 0 Å². The Hall–Kier alpha value is -2.15. The van der Waals surface area contributed by atoms with E-state index in [-0.39, 0.29) is 16.6 Å².